The third kappa shape index (κ3) is 2.73. The van der Waals surface area contributed by atoms with Gasteiger partial charge in [0.05, 0.1) is 17.9 Å². The maximum atomic E-state index is 13.6. The van der Waals surface area contributed by atoms with Crippen LogP contribution in [0.3, 0.4) is 0 Å². The lowest BCUT2D eigenvalue weighted by atomic mass is 9.97. The first-order valence-corrected chi connectivity index (χ1v) is 8.64. The van der Waals surface area contributed by atoms with Gasteiger partial charge in [0, 0.05) is 28.6 Å². The lowest BCUT2D eigenvalue weighted by Gasteiger charge is -2.11. The largest absolute Gasteiger partial charge is 0.309 e. The van der Waals surface area contributed by atoms with E-state index in [4.69, 9.17) is 0 Å². The smallest absolute Gasteiger partial charge is 0.264 e. The van der Waals surface area contributed by atoms with E-state index in [9.17, 15) is 13.6 Å². The van der Waals surface area contributed by atoms with Crippen molar-refractivity contribution in [3.05, 3.63) is 48.4 Å². The van der Waals surface area contributed by atoms with E-state index in [0.717, 1.165) is 12.8 Å². The minimum atomic E-state index is -2.61. The van der Waals surface area contributed by atoms with Gasteiger partial charge < -0.3 is 9.72 Å². The summed E-state index contributed by atoms with van der Waals surface area (Å²) in [5, 5.41) is 10.2. The number of rotatable bonds is 4. The number of imidazole rings is 1. The van der Waals surface area contributed by atoms with Crippen LogP contribution in [-0.2, 0) is 4.79 Å². The summed E-state index contributed by atoms with van der Waals surface area (Å²) in [4.78, 5) is 16.3. The summed E-state index contributed by atoms with van der Waals surface area (Å²) in [5.74, 6) is 0.513. The summed E-state index contributed by atoms with van der Waals surface area (Å²) in [6, 6.07) is 6.52. The van der Waals surface area contributed by atoms with Crippen LogP contribution in [0.4, 0.5) is 14.6 Å². The molecule has 1 aliphatic rings. The fourth-order valence-electron chi connectivity index (χ4n) is 3.31. The minimum Gasteiger partial charge on any atom is -0.309 e. The van der Waals surface area contributed by atoms with E-state index in [2.05, 4.69) is 20.5 Å². The van der Waals surface area contributed by atoms with Crippen molar-refractivity contribution in [2.75, 3.05) is 5.32 Å². The number of nitrogens with one attached hydrogen (secondary N) is 2. The van der Waals surface area contributed by atoms with Crippen LogP contribution in [0.15, 0.2) is 42.9 Å². The van der Waals surface area contributed by atoms with E-state index < -0.39 is 6.43 Å². The van der Waals surface area contributed by atoms with Crippen molar-refractivity contribution in [1.82, 2.24) is 19.6 Å². The highest BCUT2D eigenvalue weighted by atomic mass is 19.3. The van der Waals surface area contributed by atoms with Crippen molar-refractivity contribution in [3.8, 4) is 11.1 Å². The first-order valence-electron chi connectivity index (χ1n) is 8.64. The quantitative estimate of drug-likeness (QED) is 0.569. The van der Waals surface area contributed by atoms with Crippen LogP contribution in [0.1, 0.15) is 24.8 Å². The summed E-state index contributed by atoms with van der Waals surface area (Å²) < 4.78 is 28.9. The molecule has 136 valence electrons. The molecule has 1 aliphatic carbocycles. The van der Waals surface area contributed by atoms with Crippen LogP contribution in [0.5, 0.6) is 0 Å². The Labute approximate surface area is 152 Å². The summed E-state index contributed by atoms with van der Waals surface area (Å²) in [6.45, 7) is 0. The molecule has 5 rings (SSSR count). The molecule has 1 aromatic carbocycles. The van der Waals surface area contributed by atoms with E-state index in [0.29, 0.717) is 33.5 Å². The molecular formula is C19H15F2N5O. The summed E-state index contributed by atoms with van der Waals surface area (Å²) in [5.41, 5.74) is 2.34. The minimum absolute atomic E-state index is 0.0261. The Morgan fingerprint density at radius 1 is 1.22 bits per heavy atom. The molecule has 0 unspecified atom stereocenters. The van der Waals surface area contributed by atoms with Crippen LogP contribution < -0.4 is 5.32 Å². The van der Waals surface area contributed by atoms with Crippen molar-refractivity contribution >= 4 is 28.3 Å². The number of amides is 1. The average molecular weight is 367 g/mol. The molecule has 27 heavy (non-hydrogen) atoms. The van der Waals surface area contributed by atoms with Gasteiger partial charge >= 0.3 is 0 Å². The highest BCUT2D eigenvalue weighted by molar-refractivity contribution is 5.96. The van der Waals surface area contributed by atoms with Crippen molar-refractivity contribution in [2.45, 2.75) is 19.3 Å². The van der Waals surface area contributed by atoms with Gasteiger partial charge in [-0.25, -0.2) is 13.8 Å². The Kier molecular flexibility index (Phi) is 3.46. The normalized spacial score (nSPS) is 14.3. The molecule has 0 spiro atoms. The molecule has 0 radical (unpaired) electrons. The number of halogens is 2. The maximum absolute atomic E-state index is 13.6. The number of anilines is 1. The van der Waals surface area contributed by atoms with E-state index >= 15 is 0 Å². The number of pyridine rings is 1. The molecule has 3 aromatic heterocycles. The topological polar surface area (TPSA) is 75.1 Å². The number of hydrogen-bond donors (Lipinski definition) is 2. The van der Waals surface area contributed by atoms with Crippen molar-refractivity contribution in [1.29, 1.82) is 0 Å². The molecule has 4 aromatic rings. The molecule has 0 atom stereocenters. The van der Waals surface area contributed by atoms with Gasteiger partial charge in [-0.05, 0) is 36.6 Å². The number of fused-ring (bicyclic) bond motifs is 2. The summed E-state index contributed by atoms with van der Waals surface area (Å²) >= 11 is 0. The molecule has 0 saturated heterocycles. The van der Waals surface area contributed by atoms with Gasteiger partial charge in [-0.15, -0.1) is 0 Å². The third-order valence-corrected chi connectivity index (χ3v) is 4.83. The van der Waals surface area contributed by atoms with Gasteiger partial charge in [0.1, 0.15) is 5.65 Å². The van der Waals surface area contributed by atoms with E-state index in [-0.39, 0.29) is 17.4 Å². The van der Waals surface area contributed by atoms with Crippen LogP contribution >= 0.6 is 0 Å². The zero-order valence-electron chi connectivity index (χ0n) is 14.1. The molecule has 0 aliphatic heterocycles. The Hall–Kier alpha value is -3.29. The number of hydrogen-bond acceptors (Lipinski definition) is 3. The number of benzene rings is 1. The number of aromatic amines is 1. The Bertz CT molecular complexity index is 1180. The standard InChI is InChI=1S/C19H15F2N5O/c20-18(21)12-4-5-14-13(7-22-25-14)17(12)11-3-6-16-23-15(9-26(16)8-11)24-19(27)10-1-2-10/h3-10,18H,1-2H2,(H,22,25)(H,24,27). The summed E-state index contributed by atoms with van der Waals surface area (Å²) in [7, 11) is 0. The number of carbonyl (C=O) groups is 1. The molecule has 2 N–H and O–H groups in total. The fourth-order valence-corrected chi connectivity index (χ4v) is 3.31. The Balaban J connectivity index is 1.61. The van der Waals surface area contributed by atoms with E-state index in [1.807, 2.05) is 0 Å². The lowest BCUT2D eigenvalue weighted by Crippen LogP contribution is -2.13. The zero-order chi connectivity index (χ0) is 18.5. The van der Waals surface area contributed by atoms with Gasteiger partial charge in [-0.3, -0.25) is 9.89 Å². The van der Waals surface area contributed by atoms with Crippen molar-refractivity contribution in [3.63, 3.8) is 0 Å². The van der Waals surface area contributed by atoms with E-state index in [1.165, 1.54) is 6.07 Å². The molecule has 6 nitrogen and oxygen atoms in total. The maximum Gasteiger partial charge on any atom is 0.264 e. The molecular weight excluding hydrogens is 352 g/mol. The highest BCUT2D eigenvalue weighted by Gasteiger charge is 2.30. The zero-order valence-corrected chi connectivity index (χ0v) is 14.1. The first-order chi connectivity index (χ1) is 13.1. The second kappa shape index (κ2) is 5.87. The van der Waals surface area contributed by atoms with Crippen LogP contribution in [-0.4, -0.2) is 25.5 Å². The molecule has 1 amide bonds. The van der Waals surface area contributed by atoms with Crippen LogP contribution in [0.2, 0.25) is 0 Å². The second-order valence-electron chi connectivity index (χ2n) is 6.73. The lowest BCUT2D eigenvalue weighted by molar-refractivity contribution is -0.117. The van der Waals surface area contributed by atoms with Gasteiger partial charge in [-0.2, -0.15) is 5.10 Å². The average Bonchev–Trinajstić information content (AvgIpc) is 3.26. The van der Waals surface area contributed by atoms with Gasteiger partial charge in [-0.1, -0.05) is 6.07 Å². The molecule has 1 fully saturated rings. The fraction of sp³-hybridized carbons (Fsp3) is 0.211. The number of alkyl halides is 2. The monoisotopic (exact) mass is 367 g/mol. The number of nitrogens with zero attached hydrogens (tertiary/aromatic N) is 3. The van der Waals surface area contributed by atoms with Crippen LogP contribution in [0.25, 0.3) is 27.7 Å². The van der Waals surface area contributed by atoms with E-state index in [1.54, 1.807) is 41.2 Å². The Morgan fingerprint density at radius 3 is 2.85 bits per heavy atom. The summed E-state index contributed by atoms with van der Waals surface area (Å²) in [6.07, 6.45) is 4.20. The van der Waals surface area contributed by atoms with Crippen molar-refractivity contribution < 1.29 is 13.6 Å². The predicted molar refractivity (Wildman–Crippen MR) is 96.6 cm³/mol. The molecule has 1 saturated carbocycles. The molecule has 8 heteroatoms. The van der Waals surface area contributed by atoms with Crippen LogP contribution in [0, 0.1) is 5.92 Å². The molecule has 3 heterocycles. The number of H-pyrrole nitrogens is 1. The highest BCUT2D eigenvalue weighted by Crippen LogP contribution is 2.37. The van der Waals surface area contributed by atoms with Crippen molar-refractivity contribution in [2.24, 2.45) is 5.92 Å². The van der Waals surface area contributed by atoms with Gasteiger partial charge in [0.2, 0.25) is 5.91 Å². The predicted octanol–water partition coefficient (Wildman–Crippen LogP) is 4.16. The number of carbonyl (C=O) groups excluding carboxylic acids is 1. The number of aromatic nitrogens is 4. The molecule has 0 bridgehead atoms. The second-order valence-corrected chi connectivity index (χ2v) is 6.73. The van der Waals surface area contributed by atoms with Gasteiger partial charge in [0.25, 0.3) is 6.43 Å². The SMILES string of the molecule is O=C(Nc1cn2cc(-c3c(C(F)F)ccc4[nH]ncc34)ccc2n1)C1CC1. The Morgan fingerprint density at radius 2 is 2.07 bits per heavy atom. The first kappa shape index (κ1) is 15.9. The van der Waals surface area contributed by atoms with Gasteiger partial charge in [0.15, 0.2) is 5.82 Å². The third-order valence-electron chi connectivity index (χ3n) is 4.83.